The molecule has 35 heavy (non-hydrogen) atoms. The number of amides is 3. The number of nitrogens with zero attached hydrogens (tertiary/aromatic N) is 2. The van der Waals surface area contributed by atoms with Crippen LogP contribution in [0.3, 0.4) is 0 Å². The number of benzene rings is 1. The summed E-state index contributed by atoms with van der Waals surface area (Å²) >= 11 is 0. The minimum atomic E-state index is -3.46. The van der Waals surface area contributed by atoms with Crippen molar-refractivity contribution in [3.8, 4) is 5.75 Å². The van der Waals surface area contributed by atoms with E-state index in [1.54, 1.807) is 30.0 Å². The van der Waals surface area contributed by atoms with Gasteiger partial charge < -0.3 is 25.4 Å². The molecule has 3 amide bonds. The van der Waals surface area contributed by atoms with Crippen molar-refractivity contribution in [3.05, 3.63) is 23.8 Å². The second-order valence-corrected chi connectivity index (χ2v) is 11.9. The Labute approximate surface area is 208 Å². The molecule has 3 atom stereocenters. The maximum Gasteiger partial charge on any atom is 0.319 e. The molecular weight excluding hydrogens is 472 g/mol. The number of aliphatic hydroxyl groups excluding tert-OH is 1. The molecule has 3 rings (SSSR count). The number of ether oxygens (including phenoxy) is 1. The van der Waals surface area contributed by atoms with Gasteiger partial charge in [0.1, 0.15) is 6.10 Å². The Balaban J connectivity index is 1.95. The summed E-state index contributed by atoms with van der Waals surface area (Å²) in [6, 6.07) is 4.23. The van der Waals surface area contributed by atoms with E-state index in [9.17, 15) is 23.1 Å². The van der Waals surface area contributed by atoms with Gasteiger partial charge in [-0.05, 0) is 31.9 Å². The summed E-state index contributed by atoms with van der Waals surface area (Å²) in [6.45, 7) is 3.76. The van der Waals surface area contributed by atoms with Crippen molar-refractivity contribution in [2.45, 2.75) is 64.1 Å². The lowest BCUT2D eigenvalue weighted by Gasteiger charge is -2.38. The van der Waals surface area contributed by atoms with E-state index in [-0.39, 0.29) is 54.9 Å². The van der Waals surface area contributed by atoms with Gasteiger partial charge in [-0.1, -0.05) is 32.3 Å². The van der Waals surface area contributed by atoms with E-state index < -0.39 is 22.2 Å². The highest BCUT2D eigenvalue weighted by Gasteiger charge is 2.35. The van der Waals surface area contributed by atoms with E-state index in [1.807, 2.05) is 6.92 Å². The number of rotatable bonds is 7. The lowest BCUT2D eigenvalue weighted by molar-refractivity contribution is 0.0389. The number of fused-ring (bicyclic) bond motifs is 1. The summed E-state index contributed by atoms with van der Waals surface area (Å²) in [6.07, 6.45) is 5.72. The fourth-order valence-electron chi connectivity index (χ4n) is 4.54. The van der Waals surface area contributed by atoms with E-state index in [2.05, 4.69) is 10.6 Å². The van der Waals surface area contributed by atoms with Crippen LogP contribution in [0, 0.1) is 5.92 Å². The van der Waals surface area contributed by atoms with Crippen molar-refractivity contribution >= 4 is 27.6 Å². The predicted octanol–water partition coefficient (Wildman–Crippen LogP) is 2.25. The Kier molecular flexibility index (Phi) is 9.00. The molecule has 1 saturated carbocycles. The van der Waals surface area contributed by atoms with Crippen molar-refractivity contribution < 1.29 is 27.9 Å². The van der Waals surface area contributed by atoms with Crippen molar-refractivity contribution in [2.24, 2.45) is 5.92 Å². The Bertz CT molecular complexity index is 1010. The van der Waals surface area contributed by atoms with Crippen LogP contribution in [0.2, 0.25) is 0 Å². The number of aliphatic hydroxyl groups is 1. The molecule has 1 aromatic carbocycles. The number of anilines is 1. The molecule has 11 heteroatoms. The van der Waals surface area contributed by atoms with Crippen LogP contribution in [0.25, 0.3) is 0 Å². The van der Waals surface area contributed by atoms with Gasteiger partial charge in [0.15, 0.2) is 5.75 Å². The molecule has 1 aromatic rings. The zero-order valence-corrected chi connectivity index (χ0v) is 21.8. The smallest absolute Gasteiger partial charge is 0.319 e. The highest BCUT2D eigenvalue weighted by Crippen LogP contribution is 2.35. The number of hydrogen-bond acceptors (Lipinski definition) is 6. The Hall–Kier alpha value is -2.37. The molecule has 0 aromatic heterocycles. The number of nitrogens with one attached hydrogen (secondary N) is 2. The highest BCUT2D eigenvalue weighted by atomic mass is 32.2. The summed E-state index contributed by atoms with van der Waals surface area (Å²) in [5.41, 5.74) is 0.585. The molecule has 1 fully saturated rings. The molecule has 0 bridgehead atoms. The summed E-state index contributed by atoms with van der Waals surface area (Å²) in [7, 11) is -1.98. The van der Waals surface area contributed by atoms with Crippen molar-refractivity contribution in [2.75, 3.05) is 38.3 Å². The average molecular weight is 511 g/mol. The molecule has 1 aliphatic carbocycles. The Morgan fingerprint density at radius 1 is 1.29 bits per heavy atom. The van der Waals surface area contributed by atoms with E-state index in [1.165, 1.54) is 17.8 Å². The first-order valence-electron chi connectivity index (χ1n) is 12.2. The van der Waals surface area contributed by atoms with Crippen LogP contribution in [0.15, 0.2) is 18.2 Å². The summed E-state index contributed by atoms with van der Waals surface area (Å²) < 4.78 is 31.7. The molecule has 0 radical (unpaired) electrons. The lowest BCUT2D eigenvalue weighted by Crippen LogP contribution is -2.50. The van der Waals surface area contributed by atoms with E-state index in [0.717, 1.165) is 31.9 Å². The van der Waals surface area contributed by atoms with Crippen molar-refractivity contribution in [1.29, 1.82) is 0 Å². The topological polar surface area (TPSA) is 128 Å². The largest absolute Gasteiger partial charge is 0.486 e. The number of sulfonamides is 1. The van der Waals surface area contributed by atoms with Gasteiger partial charge in [0, 0.05) is 25.6 Å². The number of hydrogen-bond donors (Lipinski definition) is 3. The first kappa shape index (κ1) is 27.2. The van der Waals surface area contributed by atoms with Gasteiger partial charge in [0.25, 0.3) is 5.91 Å². The third kappa shape index (κ3) is 6.86. The van der Waals surface area contributed by atoms with Crippen LogP contribution in [0.4, 0.5) is 10.5 Å². The Morgan fingerprint density at radius 2 is 1.97 bits per heavy atom. The van der Waals surface area contributed by atoms with E-state index in [0.29, 0.717) is 5.69 Å². The van der Waals surface area contributed by atoms with Gasteiger partial charge >= 0.3 is 6.03 Å². The SMILES string of the molecule is C[C@H]1CN([C@@H](C)CO)C(=O)c2cccc(NC(=O)NC3CCCCC3)c2O[C@@H]1CN(C)S(C)(=O)=O. The standard InChI is InChI=1S/C24H38N4O6S/c1-16-13-28(17(2)15-29)23(30)19-11-8-12-20(26-24(31)25-18-9-6-5-7-10-18)22(19)34-21(16)14-27(3)35(4,32)33/h8,11-12,16-18,21,29H,5-7,9-10,13-15H2,1-4H3,(H2,25,26,31)/t16-,17-,21+/m0/s1. The molecule has 0 saturated heterocycles. The third-order valence-electron chi connectivity index (χ3n) is 6.88. The summed E-state index contributed by atoms with van der Waals surface area (Å²) in [4.78, 5) is 27.8. The number of para-hydroxylation sites is 1. The van der Waals surface area contributed by atoms with Crippen molar-refractivity contribution in [1.82, 2.24) is 14.5 Å². The first-order valence-corrected chi connectivity index (χ1v) is 14.1. The van der Waals surface area contributed by atoms with Gasteiger partial charge in [0.05, 0.1) is 36.7 Å². The fraction of sp³-hybridized carbons (Fsp3) is 0.667. The van der Waals surface area contributed by atoms with Gasteiger partial charge in [-0.3, -0.25) is 4.79 Å². The summed E-state index contributed by atoms with van der Waals surface area (Å²) in [5, 5.41) is 15.6. The number of carbonyl (C=O) groups is 2. The molecule has 2 aliphatic rings. The number of urea groups is 1. The summed E-state index contributed by atoms with van der Waals surface area (Å²) in [5.74, 6) is -0.376. The fourth-order valence-corrected chi connectivity index (χ4v) is 4.96. The van der Waals surface area contributed by atoms with Gasteiger partial charge in [0.2, 0.25) is 10.0 Å². The number of likely N-dealkylation sites (N-methyl/N-ethyl adjacent to an activating group) is 1. The van der Waals surface area contributed by atoms with Crippen LogP contribution >= 0.6 is 0 Å². The molecule has 0 unspecified atom stereocenters. The lowest BCUT2D eigenvalue weighted by atomic mass is 9.96. The van der Waals surface area contributed by atoms with E-state index >= 15 is 0 Å². The normalized spacial score (nSPS) is 22.6. The zero-order valence-electron chi connectivity index (χ0n) is 21.0. The molecular formula is C24H38N4O6S. The maximum absolute atomic E-state index is 13.5. The Morgan fingerprint density at radius 3 is 2.60 bits per heavy atom. The van der Waals surface area contributed by atoms with Gasteiger partial charge in [-0.2, -0.15) is 0 Å². The molecule has 1 heterocycles. The van der Waals surface area contributed by atoms with Gasteiger partial charge in [-0.15, -0.1) is 0 Å². The minimum absolute atomic E-state index is 0.0670. The predicted molar refractivity (Wildman–Crippen MR) is 134 cm³/mol. The molecule has 0 spiro atoms. The second-order valence-electron chi connectivity index (χ2n) is 9.78. The average Bonchev–Trinajstić information content (AvgIpc) is 2.81. The second kappa shape index (κ2) is 11.6. The quantitative estimate of drug-likeness (QED) is 0.516. The molecule has 10 nitrogen and oxygen atoms in total. The van der Waals surface area contributed by atoms with Gasteiger partial charge in [-0.25, -0.2) is 17.5 Å². The number of carbonyl (C=O) groups excluding carboxylic acids is 2. The zero-order chi connectivity index (χ0) is 25.8. The monoisotopic (exact) mass is 510 g/mol. The molecule has 3 N–H and O–H groups in total. The highest BCUT2D eigenvalue weighted by molar-refractivity contribution is 7.88. The van der Waals surface area contributed by atoms with Crippen LogP contribution in [-0.2, 0) is 10.0 Å². The van der Waals surface area contributed by atoms with Crippen molar-refractivity contribution in [3.63, 3.8) is 0 Å². The van der Waals surface area contributed by atoms with Crippen LogP contribution in [0.5, 0.6) is 5.75 Å². The maximum atomic E-state index is 13.5. The van der Waals surface area contributed by atoms with Crippen LogP contribution in [-0.4, -0.2) is 85.9 Å². The van der Waals surface area contributed by atoms with E-state index in [4.69, 9.17) is 4.74 Å². The first-order chi connectivity index (χ1) is 16.5. The van der Waals surface area contributed by atoms with Crippen LogP contribution in [0.1, 0.15) is 56.3 Å². The minimum Gasteiger partial charge on any atom is -0.486 e. The molecule has 1 aliphatic heterocycles. The molecule has 196 valence electrons. The van der Waals surface area contributed by atoms with Crippen LogP contribution < -0.4 is 15.4 Å². The third-order valence-corrected chi connectivity index (χ3v) is 8.16.